The van der Waals surface area contributed by atoms with E-state index in [1.165, 1.54) is 18.4 Å². The van der Waals surface area contributed by atoms with Gasteiger partial charge in [-0.3, -0.25) is 0 Å². The van der Waals surface area contributed by atoms with Gasteiger partial charge in [-0.15, -0.1) is 0 Å². The Hall–Kier alpha value is -0.950. The summed E-state index contributed by atoms with van der Waals surface area (Å²) in [5.41, 5.74) is 1.25. The van der Waals surface area contributed by atoms with Crippen LogP contribution < -0.4 is 0 Å². The smallest absolute Gasteiger partial charge is 0.0499 e. The lowest BCUT2D eigenvalue weighted by Gasteiger charge is -2.12. The van der Waals surface area contributed by atoms with E-state index in [1.807, 2.05) is 12.1 Å². The second-order valence-electron chi connectivity index (χ2n) is 4.53. The molecule has 0 fully saturated rings. The maximum absolute atomic E-state index is 6.15. The van der Waals surface area contributed by atoms with E-state index in [4.69, 9.17) is 11.6 Å². The standard InChI is InChI=1S/C14H18ClN/c1-3-5-11(2)10-16-9-8-12-13(15)6-4-7-14(12)16/h4,6-9,11H,3,5,10H2,1-2H3. The van der Waals surface area contributed by atoms with Crippen LogP contribution in [-0.2, 0) is 6.54 Å². The van der Waals surface area contributed by atoms with Crippen LogP contribution in [0.2, 0.25) is 5.02 Å². The van der Waals surface area contributed by atoms with Gasteiger partial charge >= 0.3 is 0 Å². The van der Waals surface area contributed by atoms with Crippen LogP contribution in [0.25, 0.3) is 10.9 Å². The van der Waals surface area contributed by atoms with E-state index < -0.39 is 0 Å². The van der Waals surface area contributed by atoms with E-state index in [2.05, 4.69) is 36.7 Å². The highest BCUT2D eigenvalue weighted by atomic mass is 35.5. The maximum atomic E-state index is 6.15. The molecule has 16 heavy (non-hydrogen) atoms. The van der Waals surface area contributed by atoms with Gasteiger partial charge in [-0.1, -0.05) is 37.9 Å². The van der Waals surface area contributed by atoms with Crippen molar-refractivity contribution in [2.24, 2.45) is 5.92 Å². The van der Waals surface area contributed by atoms with Gasteiger partial charge in [0.2, 0.25) is 0 Å². The number of hydrogen-bond donors (Lipinski definition) is 0. The van der Waals surface area contributed by atoms with Crippen molar-refractivity contribution < 1.29 is 0 Å². The van der Waals surface area contributed by atoms with E-state index >= 15 is 0 Å². The molecule has 0 amide bonds. The lowest BCUT2D eigenvalue weighted by molar-refractivity contribution is 0.453. The van der Waals surface area contributed by atoms with Gasteiger partial charge in [0.25, 0.3) is 0 Å². The van der Waals surface area contributed by atoms with Crippen molar-refractivity contribution in [1.29, 1.82) is 0 Å². The summed E-state index contributed by atoms with van der Waals surface area (Å²) in [5, 5.41) is 2.01. The van der Waals surface area contributed by atoms with Crippen LogP contribution >= 0.6 is 11.6 Å². The number of nitrogens with zero attached hydrogens (tertiary/aromatic N) is 1. The van der Waals surface area contributed by atoms with Gasteiger partial charge in [0, 0.05) is 28.7 Å². The highest BCUT2D eigenvalue weighted by Gasteiger charge is 2.06. The van der Waals surface area contributed by atoms with Crippen LogP contribution in [0.1, 0.15) is 26.7 Å². The normalized spacial score (nSPS) is 13.2. The summed E-state index contributed by atoms with van der Waals surface area (Å²) in [4.78, 5) is 0. The first-order valence-electron chi connectivity index (χ1n) is 5.95. The second kappa shape index (κ2) is 4.92. The molecule has 2 heteroatoms. The Morgan fingerprint density at radius 2 is 2.12 bits per heavy atom. The summed E-state index contributed by atoms with van der Waals surface area (Å²) < 4.78 is 2.31. The largest absolute Gasteiger partial charge is 0.347 e. The van der Waals surface area contributed by atoms with Crippen LogP contribution in [0.5, 0.6) is 0 Å². The zero-order valence-corrected chi connectivity index (χ0v) is 10.7. The third-order valence-electron chi connectivity index (χ3n) is 3.05. The van der Waals surface area contributed by atoms with Gasteiger partial charge in [0.15, 0.2) is 0 Å². The summed E-state index contributed by atoms with van der Waals surface area (Å²) in [6.07, 6.45) is 4.67. The predicted octanol–water partition coefficient (Wildman–Crippen LogP) is 4.73. The molecule has 0 spiro atoms. The summed E-state index contributed by atoms with van der Waals surface area (Å²) >= 11 is 6.15. The Morgan fingerprint density at radius 1 is 1.31 bits per heavy atom. The molecule has 86 valence electrons. The van der Waals surface area contributed by atoms with Gasteiger partial charge < -0.3 is 4.57 Å². The molecular weight excluding hydrogens is 218 g/mol. The van der Waals surface area contributed by atoms with E-state index in [9.17, 15) is 0 Å². The van der Waals surface area contributed by atoms with E-state index in [-0.39, 0.29) is 0 Å². The lowest BCUT2D eigenvalue weighted by Crippen LogP contribution is -2.05. The van der Waals surface area contributed by atoms with Crippen molar-refractivity contribution in [3.63, 3.8) is 0 Å². The van der Waals surface area contributed by atoms with Gasteiger partial charge in [0.05, 0.1) is 0 Å². The quantitative estimate of drug-likeness (QED) is 0.722. The zero-order chi connectivity index (χ0) is 11.5. The van der Waals surface area contributed by atoms with Crippen LogP contribution in [0.4, 0.5) is 0 Å². The van der Waals surface area contributed by atoms with Crippen LogP contribution in [0, 0.1) is 5.92 Å². The summed E-state index contributed by atoms with van der Waals surface area (Å²) in [6, 6.07) is 8.21. The van der Waals surface area contributed by atoms with E-state index in [0.717, 1.165) is 22.9 Å². The molecule has 0 aliphatic rings. The van der Waals surface area contributed by atoms with Crippen molar-refractivity contribution in [3.05, 3.63) is 35.5 Å². The molecule has 0 radical (unpaired) electrons. The van der Waals surface area contributed by atoms with Crippen LogP contribution in [-0.4, -0.2) is 4.57 Å². The van der Waals surface area contributed by atoms with Gasteiger partial charge in [0.1, 0.15) is 0 Å². The molecule has 1 atom stereocenters. The Bertz CT molecular complexity index is 473. The Morgan fingerprint density at radius 3 is 2.88 bits per heavy atom. The molecule has 1 nitrogen and oxygen atoms in total. The fourth-order valence-corrected chi connectivity index (χ4v) is 2.50. The fraction of sp³-hybridized carbons (Fsp3) is 0.429. The molecule has 2 rings (SSSR count). The van der Waals surface area contributed by atoms with Crippen molar-refractivity contribution in [2.75, 3.05) is 0 Å². The van der Waals surface area contributed by atoms with Crippen LogP contribution in [0.3, 0.4) is 0 Å². The Labute approximate surface area is 102 Å². The number of hydrogen-bond acceptors (Lipinski definition) is 0. The summed E-state index contributed by atoms with van der Waals surface area (Å²) in [6.45, 7) is 5.62. The molecule has 1 heterocycles. The topological polar surface area (TPSA) is 4.93 Å². The first-order valence-corrected chi connectivity index (χ1v) is 6.33. The molecule has 0 aliphatic carbocycles. The van der Waals surface area contributed by atoms with Crippen molar-refractivity contribution in [2.45, 2.75) is 33.2 Å². The first-order chi connectivity index (χ1) is 7.72. The molecule has 0 aliphatic heterocycles. The van der Waals surface area contributed by atoms with Crippen molar-refractivity contribution >= 4 is 22.5 Å². The van der Waals surface area contributed by atoms with Gasteiger partial charge in [-0.05, 0) is 30.5 Å². The number of halogens is 1. The second-order valence-corrected chi connectivity index (χ2v) is 4.94. The minimum atomic E-state index is 0.722. The lowest BCUT2D eigenvalue weighted by atomic mass is 10.1. The highest BCUT2D eigenvalue weighted by molar-refractivity contribution is 6.35. The summed E-state index contributed by atoms with van der Waals surface area (Å²) in [7, 11) is 0. The van der Waals surface area contributed by atoms with Crippen molar-refractivity contribution in [3.8, 4) is 0 Å². The summed E-state index contributed by atoms with van der Waals surface area (Å²) in [5.74, 6) is 0.722. The van der Waals surface area contributed by atoms with E-state index in [1.54, 1.807) is 0 Å². The number of rotatable bonds is 4. The molecule has 1 unspecified atom stereocenters. The monoisotopic (exact) mass is 235 g/mol. The number of aromatic nitrogens is 1. The predicted molar refractivity (Wildman–Crippen MR) is 71.0 cm³/mol. The average Bonchev–Trinajstić information content (AvgIpc) is 2.64. The molecule has 0 saturated heterocycles. The molecule has 1 aromatic heterocycles. The Kier molecular flexibility index (Phi) is 3.55. The zero-order valence-electron chi connectivity index (χ0n) is 9.91. The molecular formula is C14H18ClN. The minimum absolute atomic E-state index is 0.722. The first kappa shape index (κ1) is 11.5. The van der Waals surface area contributed by atoms with E-state index in [0.29, 0.717) is 0 Å². The molecule has 0 bridgehead atoms. The van der Waals surface area contributed by atoms with Crippen molar-refractivity contribution in [1.82, 2.24) is 4.57 Å². The molecule has 1 aromatic carbocycles. The van der Waals surface area contributed by atoms with Gasteiger partial charge in [-0.2, -0.15) is 0 Å². The van der Waals surface area contributed by atoms with Crippen LogP contribution in [0.15, 0.2) is 30.5 Å². The number of benzene rings is 1. The average molecular weight is 236 g/mol. The fourth-order valence-electron chi connectivity index (χ4n) is 2.26. The minimum Gasteiger partial charge on any atom is -0.347 e. The molecule has 2 aromatic rings. The SMILES string of the molecule is CCCC(C)Cn1ccc2c(Cl)cccc21. The van der Waals surface area contributed by atoms with Gasteiger partial charge in [-0.25, -0.2) is 0 Å². The third kappa shape index (κ3) is 2.25. The maximum Gasteiger partial charge on any atom is 0.0499 e. The third-order valence-corrected chi connectivity index (χ3v) is 3.38. The highest BCUT2D eigenvalue weighted by Crippen LogP contribution is 2.25. The number of fused-ring (bicyclic) bond motifs is 1. The Balaban J connectivity index is 2.28. The molecule has 0 saturated carbocycles. The molecule has 0 N–H and O–H groups in total.